The van der Waals surface area contributed by atoms with E-state index in [0.717, 1.165) is 30.4 Å². The van der Waals surface area contributed by atoms with Crippen molar-refractivity contribution in [2.75, 3.05) is 0 Å². The van der Waals surface area contributed by atoms with Gasteiger partial charge in [0.15, 0.2) is 0 Å². The van der Waals surface area contributed by atoms with Crippen LogP contribution in [0.2, 0.25) is 0 Å². The normalized spacial score (nSPS) is 20.0. The molecule has 0 amide bonds. The molecule has 0 saturated heterocycles. The van der Waals surface area contributed by atoms with E-state index in [1.165, 1.54) is 0 Å². The lowest BCUT2D eigenvalue weighted by atomic mass is 9.84. The number of aliphatic hydroxyl groups is 3. The Hall–Kier alpha value is -0.940. The topological polar surface area (TPSA) is 72.7 Å². The average molecular weight is 251 g/mol. The third kappa shape index (κ3) is 2.90. The maximum Gasteiger partial charge on any atom is 0.304 e. The van der Waals surface area contributed by atoms with Crippen molar-refractivity contribution < 1.29 is 15.3 Å². The summed E-state index contributed by atoms with van der Waals surface area (Å²) >= 11 is 0. The maximum atomic E-state index is 9.35. The van der Waals surface area contributed by atoms with Crippen molar-refractivity contribution in [2.24, 2.45) is 0 Å². The van der Waals surface area contributed by atoms with Gasteiger partial charge in [-0.2, -0.15) is 0 Å². The van der Waals surface area contributed by atoms with Gasteiger partial charge in [0.05, 0.1) is 0 Å². The van der Waals surface area contributed by atoms with Crippen LogP contribution >= 0.6 is 0 Å². The first-order valence-corrected chi connectivity index (χ1v) is 6.42. The third-order valence-corrected chi connectivity index (χ3v) is 3.41. The van der Waals surface area contributed by atoms with Crippen LogP contribution in [0.25, 0.3) is 0 Å². The summed E-state index contributed by atoms with van der Waals surface area (Å²) in [5.41, 5.74) is 2.16. The van der Waals surface area contributed by atoms with Crippen molar-refractivity contribution >= 4 is 0 Å². The first-order chi connectivity index (χ1) is 8.38. The molecule has 2 rings (SSSR count). The molecule has 0 fully saturated rings. The van der Waals surface area contributed by atoms with Gasteiger partial charge in [-0.1, -0.05) is 32.0 Å². The molecule has 1 aliphatic rings. The average Bonchev–Trinajstić information content (AvgIpc) is 2.25. The van der Waals surface area contributed by atoms with E-state index >= 15 is 0 Å². The molecule has 0 radical (unpaired) electrons. The van der Waals surface area contributed by atoms with Crippen LogP contribution in [0.3, 0.4) is 0 Å². The van der Waals surface area contributed by atoms with Gasteiger partial charge in [-0.3, -0.25) is 0 Å². The number of hydrogen-bond donors (Lipinski definition) is 4. The van der Waals surface area contributed by atoms with Gasteiger partial charge < -0.3 is 20.6 Å². The summed E-state index contributed by atoms with van der Waals surface area (Å²) in [6.07, 6.45) is 2.55. The van der Waals surface area contributed by atoms with Crippen molar-refractivity contribution in [3.63, 3.8) is 0 Å². The maximum absolute atomic E-state index is 9.35. The van der Waals surface area contributed by atoms with Crippen LogP contribution in [-0.4, -0.2) is 27.4 Å². The van der Waals surface area contributed by atoms with Gasteiger partial charge in [0.25, 0.3) is 0 Å². The minimum Gasteiger partial charge on any atom is -0.340 e. The quantitative estimate of drug-likeness (QED) is 0.595. The van der Waals surface area contributed by atoms with Crippen LogP contribution < -0.4 is 5.32 Å². The standard InChI is InChI=1S/C14H21NO3/c1-9(2)15-11-6-7-12-10(8-11)4-3-5-13(12)14(16,17)18/h3-5,9,11,15-18H,6-8H2,1-2H3. The lowest BCUT2D eigenvalue weighted by Gasteiger charge is -2.30. The van der Waals surface area contributed by atoms with Crippen LogP contribution in [0.1, 0.15) is 37.0 Å². The van der Waals surface area contributed by atoms with Gasteiger partial charge in [0.2, 0.25) is 0 Å². The molecule has 4 nitrogen and oxygen atoms in total. The Bertz CT molecular complexity index is 424. The smallest absolute Gasteiger partial charge is 0.304 e. The van der Waals surface area contributed by atoms with Crippen LogP contribution in [-0.2, 0) is 18.8 Å². The van der Waals surface area contributed by atoms with Gasteiger partial charge in [-0.25, -0.2) is 0 Å². The molecule has 0 saturated carbocycles. The Morgan fingerprint density at radius 2 is 2.00 bits per heavy atom. The molecule has 0 bridgehead atoms. The van der Waals surface area contributed by atoms with Crippen LogP contribution in [0.15, 0.2) is 18.2 Å². The Morgan fingerprint density at radius 3 is 2.61 bits per heavy atom. The Labute approximate surface area is 107 Å². The molecular formula is C14H21NO3. The molecule has 1 atom stereocenters. The Morgan fingerprint density at radius 1 is 1.28 bits per heavy atom. The lowest BCUT2D eigenvalue weighted by Crippen LogP contribution is -2.39. The minimum atomic E-state index is -2.73. The zero-order valence-electron chi connectivity index (χ0n) is 10.8. The van der Waals surface area contributed by atoms with E-state index in [-0.39, 0.29) is 5.56 Å². The molecule has 1 aromatic rings. The monoisotopic (exact) mass is 251 g/mol. The number of fused-ring (bicyclic) bond motifs is 1. The van der Waals surface area contributed by atoms with Crippen molar-refractivity contribution in [2.45, 2.75) is 51.2 Å². The van der Waals surface area contributed by atoms with Gasteiger partial charge in [0.1, 0.15) is 0 Å². The van der Waals surface area contributed by atoms with E-state index in [4.69, 9.17) is 0 Å². The lowest BCUT2D eigenvalue weighted by molar-refractivity contribution is -0.324. The summed E-state index contributed by atoms with van der Waals surface area (Å²) in [5, 5.41) is 31.5. The molecule has 1 aromatic carbocycles. The number of benzene rings is 1. The highest BCUT2D eigenvalue weighted by Gasteiger charge is 2.29. The highest BCUT2D eigenvalue weighted by Crippen LogP contribution is 2.29. The number of nitrogens with one attached hydrogen (secondary N) is 1. The van der Waals surface area contributed by atoms with Crippen molar-refractivity contribution in [3.8, 4) is 0 Å². The largest absolute Gasteiger partial charge is 0.340 e. The fraction of sp³-hybridized carbons (Fsp3) is 0.571. The molecule has 1 unspecified atom stereocenters. The van der Waals surface area contributed by atoms with E-state index < -0.39 is 5.97 Å². The second-order valence-electron chi connectivity index (χ2n) is 5.34. The van der Waals surface area contributed by atoms with E-state index in [0.29, 0.717) is 12.1 Å². The molecule has 0 aromatic heterocycles. The number of rotatable bonds is 3. The van der Waals surface area contributed by atoms with Crippen molar-refractivity contribution in [1.29, 1.82) is 0 Å². The molecular weight excluding hydrogens is 230 g/mol. The summed E-state index contributed by atoms with van der Waals surface area (Å²) < 4.78 is 0. The molecule has 0 heterocycles. The summed E-state index contributed by atoms with van der Waals surface area (Å²) in [6.45, 7) is 4.23. The van der Waals surface area contributed by atoms with E-state index in [2.05, 4.69) is 19.2 Å². The third-order valence-electron chi connectivity index (χ3n) is 3.41. The van der Waals surface area contributed by atoms with Gasteiger partial charge in [-0.05, 0) is 30.4 Å². The summed E-state index contributed by atoms with van der Waals surface area (Å²) in [7, 11) is 0. The molecule has 0 spiro atoms. The van der Waals surface area contributed by atoms with E-state index in [1.54, 1.807) is 12.1 Å². The van der Waals surface area contributed by atoms with E-state index in [9.17, 15) is 15.3 Å². The molecule has 4 heteroatoms. The molecule has 18 heavy (non-hydrogen) atoms. The zero-order valence-corrected chi connectivity index (χ0v) is 10.8. The van der Waals surface area contributed by atoms with Gasteiger partial charge >= 0.3 is 5.97 Å². The van der Waals surface area contributed by atoms with E-state index in [1.807, 2.05) is 6.07 Å². The van der Waals surface area contributed by atoms with Gasteiger partial charge in [-0.15, -0.1) is 0 Å². The molecule has 4 N–H and O–H groups in total. The number of hydrogen-bond acceptors (Lipinski definition) is 4. The SMILES string of the molecule is CC(C)NC1CCc2c(cccc2C(O)(O)O)C1. The summed E-state index contributed by atoms with van der Waals surface area (Å²) in [6, 6.07) is 6.16. The second kappa shape index (κ2) is 4.97. The highest BCUT2D eigenvalue weighted by atomic mass is 16.7. The Balaban J connectivity index is 2.25. The molecule has 1 aliphatic carbocycles. The predicted molar refractivity (Wildman–Crippen MR) is 68.9 cm³/mol. The first kappa shape index (κ1) is 13.5. The predicted octanol–water partition coefficient (Wildman–Crippen LogP) is 0.629. The van der Waals surface area contributed by atoms with Gasteiger partial charge in [0, 0.05) is 17.6 Å². The molecule has 100 valence electrons. The minimum absolute atomic E-state index is 0.211. The van der Waals surface area contributed by atoms with Crippen LogP contribution in [0.5, 0.6) is 0 Å². The highest BCUT2D eigenvalue weighted by molar-refractivity contribution is 5.39. The van der Waals surface area contributed by atoms with Crippen molar-refractivity contribution in [3.05, 3.63) is 34.9 Å². The molecule has 0 aliphatic heterocycles. The zero-order chi connectivity index (χ0) is 13.3. The summed E-state index contributed by atoms with van der Waals surface area (Å²) in [4.78, 5) is 0. The Kier molecular flexibility index (Phi) is 3.73. The summed E-state index contributed by atoms with van der Waals surface area (Å²) in [5.74, 6) is -2.73. The fourth-order valence-corrected chi connectivity index (χ4v) is 2.74. The van der Waals surface area contributed by atoms with Crippen LogP contribution in [0.4, 0.5) is 0 Å². The second-order valence-corrected chi connectivity index (χ2v) is 5.34. The van der Waals surface area contributed by atoms with Crippen LogP contribution in [0, 0.1) is 0 Å². The fourth-order valence-electron chi connectivity index (χ4n) is 2.74. The first-order valence-electron chi connectivity index (χ1n) is 6.42. The van der Waals surface area contributed by atoms with Crippen molar-refractivity contribution in [1.82, 2.24) is 5.32 Å².